The van der Waals surface area contributed by atoms with E-state index in [1.165, 1.54) is 56.9 Å². The fourth-order valence-electron chi connectivity index (χ4n) is 7.33. The summed E-state index contributed by atoms with van der Waals surface area (Å²) in [6, 6.07) is 0. The standard InChI is InChI=1S/C29H50O2.C17H30O5/c1-20(2)12-9-13-21(3)14-10-15-22(4)16-11-18-29(8)19-17-26-25(7)27(30)23(5)24(6)28(26)31-29;1-3-5-7-9-11-13-15(18)21-17(20)22-16(19)14-12-10-8-6-4-2/h20-22,30H,9-19H2,1-8H3;3-14H2,1-2H3/t21-,22+,29-;/m0./s1. The van der Waals surface area contributed by atoms with E-state index in [2.05, 4.69) is 64.9 Å². The van der Waals surface area contributed by atoms with E-state index in [0.29, 0.717) is 18.6 Å². The van der Waals surface area contributed by atoms with Crippen molar-refractivity contribution in [1.82, 2.24) is 0 Å². The molecule has 0 saturated carbocycles. The summed E-state index contributed by atoms with van der Waals surface area (Å²) in [5.41, 5.74) is 4.23. The van der Waals surface area contributed by atoms with Crippen molar-refractivity contribution < 1.29 is 33.7 Å². The van der Waals surface area contributed by atoms with Gasteiger partial charge in [0.25, 0.3) is 0 Å². The van der Waals surface area contributed by atoms with Gasteiger partial charge < -0.3 is 19.3 Å². The second kappa shape index (κ2) is 27.1. The predicted molar refractivity (Wildman–Crippen MR) is 219 cm³/mol. The highest BCUT2D eigenvalue weighted by Gasteiger charge is 2.34. The van der Waals surface area contributed by atoms with Crippen molar-refractivity contribution in [3.63, 3.8) is 0 Å². The molecule has 7 heteroatoms. The minimum Gasteiger partial charge on any atom is -0.507 e. The lowest BCUT2D eigenvalue weighted by Crippen LogP contribution is -2.37. The summed E-state index contributed by atoms with van der Waals surface area (Å²) in [6.45, 7) is 22.2. The number of benzene rings is 1. The van der Waals surface area contributed by atoms with Crippen LogP contribution in [-0.2, 0) is 25.5 Å². The number of carbonyl (C=O) groups excluding carboxylic acids is 3. The van der Waals surface area contributed by atoms with Gasteiger partial charge in [0.05, 0.1) is 0 Å². The molecule has 0 radical (unpaired) electrons. The average molecular weight is 745 g/mol. The first-order chi connectivity index (χ1) is 25.1. The lowest BCUT2D eigenvalue weighted by atomic mass is 9.84. The maximum absolute atomic E-state index is 11.4. The molecule has 3 atom stereocenters. The lowest BCUT2D eigenvalue weighted by molar-refractivity contribution is -0.146. The Bertz CT molecular complexity index is 1170. The molecule has 0 spiro atoms. The Balaban J connectivity index is 0.000000565. The molecule has 1 aromatic rings. The summed E-state index contributed by atoms with van der Waals surface area (Å²) in [4.78, 5) is 34.0. The molecular weight excluding hydrogens is 664 g/mol. The van der Waals surface area contributed by atoms with Crippen molar-refractivity contribution in [2.24, 2.45) is 17.8 Å². The van der Waals surface area contributed by atoms with Crippen LogP contribution in [0.4, 0.5) is 4.79 Å². The molecule has 1 aliphatic rings. The zero-order valence-corrected chi connectivity index (χ0v) is 35.9. The Morgan fingerprint density at radius 2 is 1.13 bits per heavy atom. The molecule has 0 unspecified atom stereocenters. The molecule has 7 nitrogen and oxygen atoms in total. The van der Waals surface area contributed by atoms with E-state index in [9.17, 15) is 19.5 Å². The van der Waals surface area contributed by atoms with Crippen molar-refractivity contribution in [2.75, 3.05) is 0 Å². The highest BCUT2D eigenvalue weighted by atomic mass is 16.8. The van der Waals surface area contributed by atoms with Gasteiger partial charge in [-0.1, -0.05) is 138 Å². The van der Waals surface area contributed by atoms with E-state index >= 15 is 0 Å². The van der Waals surface area contributed by atoms with Gasteiger partial charge in [0.2, 0.25) is 0 Å². The number of hydrogen-bond donors (Lipinski definition) is 1. The normalized spacial score (nSPS) is 16.2. The summed E-state index contributed by atoms with van der Waals surface area (Å²) in [5.74, 6) is 2.78. The maximum atomic E-state index is 11.4. The number of carbonyl (C=O) groups is 3. The largest absolute Gasteiger partial charge is 0.524 e. The summed E-state index contributed by atoms with van der Waals surface area (Å²) in [5, 5.41) is 10.4. The number of phenols is 1. The Morgan fingerprint density at radius 3 is 1.62 bits per heavy atom. The third-order valence-electron chi connectivity index (χ3n) is 11.2. The average Bonchev–Trinajstić information content (AvgIpc) is 3.09. The lowest BCUT2D eigenvalue weighted by Gasteiger charge is -2.38. The molecule has 1 N–H and O–H groups in total. The highest BCUT2D eigenvalue weighted by molar-refractivity contribution is 5.88. The van der Waals surface area contributed by atoms with Crippen LogP contribution >= 0.6 is 0 Å². The van der Waals surface area contributed by atoms with Crippen molar-refractivity contribution in [2.45, 2.75) is 223 Å². The van der Waals surface area contributed by atoms with Gasteiger partial charge in [0.15, 0.2) is 0 Å². The summed E-state index contributed by atoms with van der Waals surface area (Å²) in [7, 11) is 0. The molecule has 0 fully saturated rings. The smallest absolute Gasteiger partial charge is 0.507 e. The number of fused-ring (bicyclic) bond motifs is 1. The van der Waals surface area contributed by atoms with Crippen molar-refractivity contribution in [3.05, 3.63) is 22.3 Å². The topological polar surface area (TPSA) is 99.1 Å². The molecule has 306 valence electrons. The summed E-state index contributed by atoms with van der Waals surface area (Å²) in [6.07, 6.45) is 23.2. The molecule has 0 aliphatic carbocycles. The molecule has 53 heavy (non-hydrogen) atoms. The van der Waals surface area contributed by atoms with Crippen LogP contribution in [-0.4, -0.2) is 28.8 Å². The third kappa shape index (κ3) is 20.6. The number of rotatable bonds is 24. The van der Waals surface area contributed by atoms with Gasteiger partial charge in [-0.3, -0.25) is 9.59 Å². The van der Waals surface area contributed by atoms with Gasteiger partial charge in [0, 0.05) is 18.4 Å². The van der Waals surface area contributed by atoms with E-state index in [-0.39, 0.29) is 18.4 Å². The van der Waals surface area contributed by atoms with Gasteiger partial charge in [-0.05, 0) is 101 Å². The van der Waals surface area contributed by atoms with Crippen LogP contribution in [0.2, 0.25) is 0 Å². The van der Waals surface area contributed by atoms with E-state index in [4.69, 9.17) is 4.74 Å². The Morgan fingerprint density at radius 1 is 0.660 bits per heavy atom. The maximum Gasteiger partial charge on any atom is 0.524 e. The first-order valence-electron chi connectivity index (χ1n) is 21.6. The summed E-state index contributed by atoms with van der Waals surface area (Å²) < 4.78 is 15.5. The van der Waals surface area contributed by atoms with Crippen LogP contribution in [0, 0.1) is 38.5 Å². The van der Waals surface area contributed by atoms with E-state index < -0.39 is 18.1 Å². The van der Waals surface area contributed by atoms with Gasteiger partial charge in [-0.25, -0.2) is 4.79 Å². The van der Waals surface area contributed by atoms with Crippen molar-refractivity contribution in [1.29, 1.82) is 0 Å². The van der Waals surface area contributed by atoms with Crippen LogP contribution in [0.3, 0.4) is 0 Å². The third-order valence-corrected chi connectivity index (χ3v) is 11.2. The molecule has 1 aliphatic heterocycles. The minimum atomic E-state index is -1.20. The fraction of sp³-hybridized carbons (Fsp3) is 0.804. The van der Waals surface area contributed by atoms with Crippen LogP contribution in [0.25, 0.3) is 0 Å². The molecule has 0 saturated heterocycles. The van der Waals surface area contributed by atoms with E-state index in [0.717, 1.165) is 111 Å². The first kappa shape index (κ1) is 48.4. The Labute approximate surface area is 325 Å². The second-order valence-electron chi connectivity index (χ2n) is 17.0. The SMILES string of the molecule is CCCCCCCC(=O)OC(=O)OC(=O)CCCCCCC.Cc1c(C)c2c(c(C)c1O)CC[C@](C)(CCC[C@H](C)CCC[C@@H](C)CCCC(C)C)O2. The predicted octanol–water partition coefficient (Wildman–Crippen LogP) is 13.8. The van der Waals surface area contributed by atoms with Crippen LogP contribution in [0.5, 0.6) is 11.5 Å². The molecule has 0 amide bonds. The van der Waals surface area contributed by atoms with Gasteiger partial charge in [-0.2, -0.15) is 0 Å². The molecule has 1 aromatic carbocycles. The summed E-state index contributed by atoms with van der Waals surface area (Å²) >= 11 is 0. The molecular formula is C46H80O7. The Hall–Kier alpha value is -2.57. The van der Waals surface area contributed by atoms with Gasteiger partial charge in [0.1, 0.15) is 17.1 Å². The number of phenolic OH excluding ortho intramolecular Hbond substituents is 1. The Kier molecular flexibility index (Phi) is 24.8. The van der Waals surface area contributed by atoms with Gasteiger partial charge in [-0.15, -0.1) is 0 Å². The number of hydrogen-bond acceptors (Lipinski definition) is 7. The van der Waals surface area contributed by atoms with Crippen LogP contribution in [0.15, 0.2) is 0 Å². The molecule has 1 heterocycles. The highest BCUT2D eigenvalue weighted by Crippen LogP contribution is 2.44. The van der Waals surface area contributed by atoms with Crippen molar-refractivity contribution >= 4 is 18.1 Å². The molecule has 0 bridgehead atoms. The van der Waals surface area contributed by atoms with E-state index in [1.807, 2.05) is 13.8 Å². The number of ether oxygens (including phenoxy) is 3. The quantitative estimate of drug-likeness (QED) is 0.0639. The molecule has 2 rings (SSSR count). The zero-order valence-electron chi connectivity index (χ0n) is 35.9. The number of esters is 2. The van der Waals surface area contributed by atoms with Gasteiger partial charge >= 0.3 is 18.1 Å². The monoisotopic (exact) mass is 745 g/mol. The van der Waals surface area contributed by atoms with Crippen molar-refractivity contribution in [3.8, 4) is 11.5 Å². The van der Waals surface area contributed by atoms with E-state index in [1.54, 1.807) is 0 Å². The minimum absolute atomic E-state index is 0.0712. The van der Waals surface area contributed by atoms with Crippen LogP contribution in [0.1, 0.15) is 212 Å². The second-order valence-corrected chi connectivity index (χ2v) is 17.0. The fourth-order valence-corrected chi connectivity index (χ4v) is 7.33. The number of aromatic hydroxyl groups is 1. The first-order valence-corrected chi connectivity index (χ1v) is 21.6. The zero-order chi connectivity index (χ0) is 39.8. The number of unbranched alkanes of at least 4 members (excludes halogenated alkanes) is 8. The molecule has 0 aromatic heterocycles. The van der Waals surface area contributed by atoms with Crippen LogP contribution < -0.4 is 4.74 Å².